The summed E-state index contributed by atoms with van der Waals surface area (Å²) in [7, 11) is 0. The second-order valence-electron chi connectivity index (χ2n) is 5.38. The Morgan fingerprint density at radius 2 is 2.14 bits per heavy atom. The van der Waals surface area contributed by atoms with Gasteiger partial charge in [-0.2, -0.15) is 0 Å². The van der Waals surface area contributed by atoms with Crippen molar-refractivity contribution in [2.24, 2.45) is 5.92 Å². The van der Waals surface area contributed by atoms with Crippen molar-refractivity contribution in [3.8, 4) is 0 Å². The highest BCUT2D eigenvalue weighted by Crippen LogP contribution is 2.23. The standard InChI is InChI=1S/C14H21N3O4/c1-9-7-15-12(21-9)8-16-14(20)17-11-6-4-2-3-5-10(11)13(18)19/h7,10-11H,2-6,8H2,1H3,(H,18,19)(H2,16,17,20). The first kappa shape index (κ1) is 15.3. The Hall–Kier alpha value is -2.05. The van der Waals surface area contributed by atoms with Gasteiger partial charge in [-0.15, -0.1) is 0 Å². The van der Waals surface area contributed by atoms with E-state index in [9.17, 15) is 14.7 Å². The first-order chi connectivity index (χ1) is 10.1. The van der Waals surface area contributed by atoms with E-state index in [0.29, 0.717) is 24.5 Å². The number of nitrogens with one attached hydrogen (secondary N) is 2. The SMILES string of the molecule is Cc1cnc(CNC(=O)NC2CCCCCC2C(=O)O)o1. The van der Waals surface area contributed by atoms with Crippen LogP contribution >= 0.6 is 0 Å². The van der Waals surface area contributed by atoms with Crippen LogP contribution in [-0.4, -0.2) is 28.1 Å². The topological polar surface area (TPSA) is 104 Å². The third kappa shape index (κ3) is 4.47. The molecule has 2 amide bonds. The second-order valence-corrected chi connectivity index (χ2v) is 5.38. The fourth-order valence-corrected chi connectivity index (χ4v) is 2.63. The molecule has 0 bridgehead atoms. The highest BCUT2D eigenvalue weighted by atomic mass is 16.4. The molecule has 7 nitrogen and oxygen atoms in total. The molecule has 1 saturated carbocycles. The van der Waals surface area contributed by atoms with Crippen molar-refractivity contribution < 1.29 is 19.1 Å². The van der Waals surface area contributed by atoms with Gasteiger partial charge in [0.15, 0.2) is 0 Å². The maximum absolute atomic E-state index is 11.9. The normalized spacial score (nSPS) is 22.3. The van der Waals surface area contributed by atoms with Gasteiger partial charge in [0.25, 0.3) is 0 Å². The van der Waals surface area contributed by atoms with Crippen molar-refractivity contribution in [2.75, 3.05) is 0 Å². The molecule has 0 aromatic carbocycles. The zero-order valence-electron chi connectivity index (χ0n) is 12.1. The Morgan fingerprint density at radius 1 is 1.38 bits per heavy atom. The van der Waals surface area contributed by atoms with Gasteiger partial charge in [-0.05, 0) is 19.8 Å². The average Bonchev–Trinajstić information content (AvgIpc) is 2.70. The first-order valence-electron chi connectivity index (χ1n) is 7.24. The quantitative estimate of drug-likeness (QED) is 0.735. The Bertz CT molecular complexity index is 500. The third-order valence-corrected chi connectivity index (χ3v) is 3.72. The Kier molecular flexibility index (Phi) is 5.19. The number of carbonyl (C=O) groups is 2. The molecule has 1 aromatic rings. The van der Waals surface area contributed by atoms with Crippen molar-refractivity contribution in [3.63, 3.8) is 0 Å². The van der Waals surface area contributed by atoms with Gasteiger partial charge in [0, 0.05) is 6.04 Å². The Labute approximate surface area is 123 Å². The first-order valence-corrected chi connectivity index (χ1v) is 7.24. The largest absolute Gasteiger partial charge is 0.481 e. The van der Waals surface area contributed by atoms with Crippen molar-refractivity contribution in [1.29, 1.82) is 0 Å². The summed E-state index contributed by atoms with van der Waals surface area (Å²) in [6.45, 7) is 1.96. The lowest BCUT2D eigenvalue weighted by molar-refractivity contribution is -0.142. The number of urea groups is 1. The molecule has 0 saturated heterocycles. The maximum Gasteiger partial charge on any atom is 0.315 e. The van der Waals surface area contributed by atoms with E-state index in [2.05, 4.69) is 15.6 Å². The highest BCUT2D eigenvalue weighted by molar-refractivity contribution is 5.76. The van der Waals surface area contributed by atoms with E-state index in [0.717, 1.165) is 19.3 Å². The second kappa shape index (κ2) is 7.10. The summed E-state index contributed by atoms with van der Waals surface area (Å²) >= 11 is 0. The molecular weight excluding hydrogens is 274 g/mol. The Balaban J connectivity index is 1.85. The molecule has 2 atom stereocenters. The van der Waals surface area contributed by atoms with Crippen LogP contribution in [0.4, 0.5) is 4.79 Å². The minimum atomic E-state index is -0.842. The minimum absolute atomic E-state index is 0.185. The number of carboxylic acid groups (broad SMARTS) is 1. The lowest BCUT2D eigenvalue weighted by Gasteiger charge is -2.22. The molecule has 1 heterocycles. The van der Waals surface area contributed by atoms with Crippen LogP contribution in [-0.2, 0) is 11.3 Å². The molecule has 2 rings (SSSR count). The number of hydrogen-bond acceptors (Lipinski definition) is 4. The van der Waals surface area contributed by atoms with E-state index >= 15 is 0 Å². The van der Waals surface area contributed by atoms with Crippen LogP contribution in [0.2, 0.25) is 0 Å². The zero-order chi connectivity index (χ0) is 15.2. The van der Waals surface area contributed by atoms with E-state index in [4.69, 9.17) is 4.42 Å². The van der Waals surface area contributed by atoms with Crippen LogP contribution in [0.15, 0.2) is 10.6 Å². The number of aliphatic carboxylic acids is 1. The van der Waals surface area contributed by atoms with Gasteiger partial charge in [-0.25, -0.2) is 9.78 Å². The lowest BCUT2D eigenvalue weighted by atomic mass is 9.95. The van der Waals surface area contributed by atoms with Crippen molar-refractivity contribution in [3.05, 3.63) is 17.8 Å². The fraction of sp³-hybridized carbons (Fsp3) is 0.643. The lowest BCUT2D eigenvalue weighted by Crippen LogP contribution is -2.47. The van der Waals surface area contributed by atoms with E-state index < -0.39 is 11.9 Å². The maximum atomic E-state index is 11.9. The summed E-state index contributed by atoms with van der Waals surface area (Å²) in [6, 6.07) is -0.708. The smallest absolute Gasteiger partial charge is 0.315 e. The predicted octanol–water partition coefficient (Wildman–Crippen LogP) is 1.82. The molecule has 1 fully saturated rings. The van der Waals surface area contributed by atoms with Gasteiger partial charge in [-0.1, -0.05) is 19.3 Å². The number of nitrogens with zero attached hydrogens (tertiary/aromatic N) is 1. The van der Waals surface area contributed by atoms with Crippen LogP contribution in [0, 0.1) is 12.8 Å². The molecule has 0 spiro atoms. The zero-order valence-corrected chi connectivity index (χ0v) is 12.1. The van der Waals surface area contributed by atoms with E-state index in [1.165, 1.54) is 0 Å². The van der Waals surface area contributed by atoms with E-state index in [1.54, 1.807) is 13.1 Å². The number of aromatic nitrogens is 1. The third-order valence-electron chi connectivity index (χ3n) is 3.72. The van der Waals surface area contributed by atoms with Crippen LogP contribution in [0.25, 0.3) is 0 Å². The number of carboxylic acids is 1. The molecule has 21 heavy (non-hydrogen) atoms. The summed E-state index contributed by atoms with van der Waals surface area (Å²) in [4.78, 5) is 27.2. The van der Waals surface area contributed by atoms with E-state index in [-0.39, 0.29) is 18.6 Å². The van der Waals surface area contributed by atoms with Crippen LogP contribution in [0.1, 0.15) is 43.8 Å². The summed E-state index contributed by atoms with van der Waals surface area (Å²) in [6.07, 6.45) is 5.74. The molecule has 3 N–H and O–H groups in total. The molecule has 2 unspecified atom stereocenters. The molecule has 0 radical (unpaired) electrons. The number of hydrogen-bond donors (Lipinski definition) is 3. The monoisotopic (exact) mass is 295 g/mol. The molecule has 1 aromatic heterocycles. The van der Waals surface area contributed by atoms with Crippen molar-refractivity contribution in [1.82, 2.24) is 15.6 Å². The van der Waals surface area contributed by atoms with Crippen molar-refractivity contribution >= 4 is 12.0 Å². The van der Waals surface area contributed by atoms with Gasteiger partial charge < -0.3 is 20.2 Å². The van der Waals surface area contributed by atoms with Crippen LogP contribution < -0.4 is 10.6 Å². The summed E-state index contributed by atoms with van der Waals surface area (Å²) in [5.41, 5.74) is 0. The van der Waals surface area contributed by atoms with Crippen molar-refractivity contribution in [2.45, 2.75) is 51.6 Å². The van der Waals surface area contributed by atoms with Gasteiger partial charge in [0.1, 0.15) is 5.76 Å². The van der Waals surface area contributed by atoms with Gasteiger partial charge >= 0.3 is 12.0 Å². The molecule has 116 valence electrons. The number of aryl methyl sites for hydroxylation is 1. The molecule has 7 heteroatoms. The summed E-state index contributed by atoms with van der Waals surface area (Å²) in [5, 5.41) is 14.7. The molecular formula is C14H21N3O4. The molecule has 0 aliphatic heterocycles. The highest BCUT2D eigenvalue weighted by Gasteiger charge is 2.30. The number of carbonyl (C=O) groups excluding carboxylic acids is 1. The summed E-state index contributed by atoms with van der Waals surface area (Å²) in [5.74, 6) is -0.243. The molecule has 1 aliphatic carbocycles. The van der Waals surface area contributed by atoms with Gasteiger partial charge in [-0.3, -0.25) is 4.79 Å². The minimum Gasteiger partial charge on any atom is -0.481 e. The average molecular weight is 295 g/mol. The molecule has 1 aliphatic rings. The number of amides is 2. The Morgan fingerprint density at radius 3 is 2.81 bits per heavy atom. The number of rotatable bonds is 4. The number of oxazole rings is 1. The fourth-order valence-electron chi connectivity index (χ4n) is 2.63. The summed E-state index contributed by atoms with van der Waals surface area (Å²) < 4.78 is 5.26. The predicted molar refractivity (Wildman–Crippen MR) is 74.6 cm³/mol. The van der Waals surface area contributed by atoms with E-state index in [1.807, 2.05) is 0 Å². The van der Waals surface area contributed by atoms with Crippen LogP contribution in [0.5, 0.6) is 0 Å². The van der Waals surface area contributed by atoms with Crippen LogP contribution in [0.3, 0.4) is 0 Å². The van der Waals surface area contributed by atoms with Gasteiger partial charge in [0.05, 0.1) is 18.7 Å². The van der Waals surface area contributed by atoms with Gasteiger partial charge in [0.2, 0.25) is 5.89 Å².